The number of aliphatic hydroxyl groups is 1. The molecular formula is C16H17Cl2NO. The third-order valence-electron chi connectivity index (χ3n) is 3.50. The van der Waals surface area contributed by atoms with Gasteiger partial charge < -0.3 is 10.8 Å². The summed E-state index contributed by atoms with van der Waals surface area (Å²) in [6.45, 7) is 2.27. The fourth-order valence-electron chi connectivity index (χ4n) is 2.36. The topological polar surface area (TPSA) is 46.2 Å². The minimum Gasteiger partial charge on any atom is -0.388 e. The van der Waals surface area contributed by atoms with Gasteiger partial charge in [-0.15, -0.1) is 0 Å². The Balaban J connectivity index is 2.39. The standard InChI is InChI=1S/C16H17Cl2NO/c1-10-4-2-3-5-12(10)16(20)14(9-19)13-7-6-11(17)8-15(13)18/h2-8,14,16,20H,9,19H2,1H3. The molecule has 3 N–H and O–H groups in total. The van der Waals surface area contributed by atoms with E-state index in [9.17, 15) is 5.11 Å². The molecule has 0 radical (unpaired) electrons. The summed E-state index contributed by atoms with van der Waals surface area (Å²) in [4.78, 5) is 0. The van der Waals surface area contributed by atoms with Gasteiger partial charge in [-0.25, -0.2) is 0 Å². The maximum atomic E-state index is 10.6. The second-order valence-electron chi connectivity index (χ2n) is 4.81. The molecule has 0 aromatic heterocycles. The van der Waals surface area contributed by atoms with E-state index < -0.39 is 6.10 Å². The molecule has 0 spiro atoms. The highest BCUT2D eigenvalue weighted by Gasteiger charge is 2.24. The molecule has 0 amide bonds. The molecule has 0 saturated carbocycles. The van der Waals surface area contributed by atoms with Crippen molar-refractivity contribution in [1.29, 1.82) is 0 Å². The van der Waals surface area contributed by atoms with Crippen molar-refractivity contribution >= 4 is 23.2 Å². The van der Waals surface area contributed by atoms with Gasteiger partial charge in [0.1, 0.15) is 0 Å². The van der Waals surface area contributed by atoms with Crippen molar-refractivity contribution in [2.24, 2.45) is 5.73 Å². The molecule has 2 unspecified atom stereocenters. The van der Waals surface area contributed by atoms with Gasteiger partial charge in [0.15, 0.2) is 0 Å². The number of benzene rings is 2. The second-order valence-corrected chi connectivity index (χ2v) is 5.65. The molecular weight excluding hydrogens is 293 g/mol. The molecule has 0 aliphatic heterocycles. The normalized spacial score (nSPS) is 14.1. The zero-order valence-electron chi connectivity index (χ0n) is 11.2. The van der Waals surface area contributed by atoms with Gasteiger partial charge >= 0.3 is 0 Å². The Morgan fingerprint density at radius 3 is 2.40 bits per heavy atom. The lowest BCUT2D eigenvalue weighted by molar-refractivity contribution is 0.147. The smallest absolute Gasteiger partial charge is 0.0873 e. The molecule has 2 aromatic rings. The van der Waals surface area contributed by atoms with Gasteiger partial charge in [-0.3, -0.25) is 0 Å². The second kappa shape index (κ2) is 6.59. The van der Waals surface area contributed by atoms with Crippen molar-refractivity contribution < 1.29 is 5.11 Å². The molecule has 2 nitrogen and oxygen atoms in total. The molecule has 4 heteroatoms. The molecule has 0 bridgehead atoms. The van der Waals surface area contributed by atoms with Crippen LogP contribution in [-0.2, 0) is 0 Å². The lowest BCUT2D eigenvalue weighted by Crippen LogP contribution is -2.21. The van der Waals surface area contributed by atoms with Gasteiger partial charge in [0.2, 0.25) is 0 Å². The number of aryl methyl sites for hydroxylation is 1. The van der Waals surface area contributed by atoms with E-state index in [0.29, 0.717) is 16.6 Å². The Bertz CT molecular complexity index is 601. The fourth-order valence-corrected chi connectivity index (χ4v) is 2.91. The number of hydrogen-bond acceptors (Lipinski definition) is 2. The number of aliphatic hydroxyl groups excluding tert-OH is 1. The van der Waals surface area contributed by atoms with E-state index in [1.54, 1.807) is 12.1 Å². The summed E-state index contributed by atoms with van der Waals surface area (Å²) in [6, 6.07) is 13.0. The summed E-state index contributed by atoms with van der Waals surface area (Å²) in [5, 5.41) is 11.7. The summed E-state index contributed by atoms with van der Waals surface area (Å²) in [5.41, 5.74) is 8.56. The van der Waals surface area contributed by atoms with Crippen LogP contribution in [0.25, 0.3) is 0 Å². The molecule has 2 atom stereocenters. The molecule has 20 heavy (non-hydrogen) atoms. The first-order valence-corrected chi connectivity index (χ1v) is 7.18. The highest BCUT2D eigenvalue weighted by molar-refractivity contribution is 6.35. The van der Waals surface area contributed by atoms with E-state index in [2.05, 4.69) is 0 Å². The Labute approximate surface area is 129 Å². The lowest BCUT2D eigenvalue weighted by atomic mass is 9.87. The van der Waals surface area contributed by atoms with Crippen molar-refractivity contribution in [1.82, 2.24) is 0 Å². The van der Waals surface area contributed by atoms with Crippen LogP contribution in [0.15, 0.2) is 42.5 Å². The van der Waals surface area contributed by atoms with E-state index in [1.807, 2.05) is 37.3 Å². The molecule has 0 fully saturated rings. The zero-order chi connectivity index (χ0) is 14.7. The van der Waals surface area contributed by atoms with Crippen LogP contribution in [0.2, 0.25) is 10.0 Å². The summed E-state index contributed by atoms with van der Waals surface area (Å²) in [6.07, 6.45) is -0.695. The van der Waals surface area contributed by atoms with E-state index >= 15 is 0 Å². The van der Waals surface area contributed by atoms with Gasteiger partial charge in [0, 0.05) is 22.5 Å². The minimum absolute atomic E-state index is 0.263. The molecule has 2 aromatic carbocycles. The van der Waals surface area contributed by atoms with Gasteiger partial charge in [0.25, 0.3) is 0 Å². The first-order chi connectivity index (χ1) is 9.54. The summed E-state index contributed by atoms with van der Waals surface area (Å²) >= 11 is 12.1. The summed E-state index contributed by atoms with van der Waals surface area (Å²) in [7, 11) is 0. The molecule has 2 rings (SSSR count). The van der Waals surface area contributed by atoms with Crippen molar-refractivity contribution in [3.8, 4) is 0 Å². The van der Waals surface area contributed by atoms with E-state index in [-0.39, 0.29) is 5.92 Å². The van der Waals surface area contributed by atoms with Crippen LogP contribution in [0.4, 0.5) is 0 Å². The van der Waals surface area contributed by atoms with E-state index in [0.717, 1.165) is 16.7 Å². The van der Waals surface area contributed by atoms with Gasteiger partial charge in [-0.2, -0.15) is 0 Å². The number of hydrogen-bond donors (Lipinski definition) is 2. The highest BCUT2D eigenvalue weighted by Crippen LogP contribution is 2.36. The molecule has 0 aliphatic carbocycles. The van der Waals surface area contributed by atoms with Gasteiger partial charge in [-0.1, -0.05) is 53.5 Å². The van der Waals surface area contributed by atoms with Crippen LogP contribution in [-0.4, -0.2) is 11.7 Å². The Hall–Kier alpha value is -1.06. The number of rotatable bonds is 4. The van der Waals surface area contributed by atoms with Crippen molar-refractivity contribution in [2.45, 2.75) is 18.9 Å². The number of nitrogens with two attached hydrogens (primary N) is 1. The predicted octanol–water partition coefficient (Wildman–Crippen LogP) is 4.08. The lowest BCUT2D eigenvalue weighted by Gasteiger charge is -2.24. The highest BCUT2D eigenvalue weighted by atomic mass is 35.5. The predicted molar refractivity (Wildman–Crippen MR) is 84.4 cm³/mol. The number of halogens is 2. The van der Waals surface area contributed by atoms with E-state index in [1.165, 1.54) is 0 Å². The van der Waals surface area contributed by atoms with Crippen molar-refractivity contribution in [3.05, 3.63) is 69.2 Å². The van der Waals surface area contributed by atoms with Crippen LogP contribution >= 0.6 is 23.2 Å². The third kappa shape index (κ3) is 3.15. The Morgan fingerprint density at radius 2 is 1.80 bits per heavy atom. The molecule has 0 saturated heterocycles. The van der Waals surface area contributed by atoms with Crippen LogP contribution in [0.3, 0.4) is 0 Å². The van der Waals surface area contributed by atoms with Gasteiger partial charge in [0.05, 0.1) is 6.10 Å². The van der Waals surface area contributed by atoms with Crippen LogP contribution in [0, 0.1) is 6.92 Å². The Kier molecular flexibility index (Phi) is 5.06. The maximum Gasteiger partial charge on any atom is 0.0873 e. The fraction of sp³-hybridized carbons (Fsp3) is 0.250. The average Bonchev–Trinajstić information content (AvgIpc) is 2.42. The first kappa shape index (κ1) is 15.3. The average molecular weight is 310 g/mol. The third-order valence-corrected chi connectivity index (χ3v) is 4.07. The first-order valence-electron chi connectivity index (χ1n) is 6.43. The van der Waals surface area contributed by atoms with E-state index in [4.69, 9.17) is 28.9 Å². The van der Waals surface area contributed by atoms with Crippen molar-refractivity contribution in [2.75, 3.05) is 6.54 Å². The quantitative estimate of drug-likeness (QED) is 0.894. The molecule has 106 valence electrons. The van der Waals surface area contributed by atoms with Crippen molar-refractivity contribution in [3.63, 3.8) is 0 Å². The summed E-state index contributed by atoms with van der Waals surface area (Å²) in [5.74, 6) is -0.263. The monoisotopic (exact) mass is 309 g/mol. The largest absolute Gasteiger partial charge is 0.388 e. The maximum absolute atomic E-state index is 10.6. The van der Waals surface area contributed by atoms with Crippen LogP contribution in [0.5, 0.6) is 0 Å². The molecule has 0 heterocycles. The van der Waals surface area contributed by atoms with Crippen LogP contribution < -0.4 is 5.73 Å². The van der Waals surface area contributed by atoms with Gasteiger partial charge in [-0.05, 0) is 35.7 Å². The summed E-state index contributed by atoms with van der Waals surface area (Å²) < 4.78 is 0. The molecule has 0 aliphatic rings. The zero-order valence-corrected chi connectivity index (χ0v) is 12.7. The van der Waals surface area contributed by atoms with Crippen LogP contribution in [0.1, 0.15) is 28.7 Å². The Morgan fingerprint density at radius 1 is 1.10 bits per heavy atom. The SMILES string of the molecule is Cc1ccccc1C(O)C(CN)c1ccc(Cl)cc1Cl. The minimum atomic E-state index is -0.695.